The zero-order chi connectivity index (χ0) is 18.2. The van der Waals surface area contributed by atoms with E-state index in [1.54, 1.807) is 30.3 Å². The van der Waals surface area contributed by atoms with Crippen LogP contribution in [0.3, 0.4) is 0 Å². The first-order valence-corrected chi connectivity index (χ1v) is 7.28. The van der Waals surface area contributed by atoms with E-state index in [9.17, 15) is 22.8 Å². The molecule has 0 unspecified atom stereocenters. The molecule has 25 heavy (non-hydrogen) atoms. The average Bonchev–Trinajstić information content (AvgIpc) is 2.53. The lowest BCUT2D eigenvalue weighted by molar-refractivity contribution is -0.136. The first-order chi connectivity index (χ1) is 11.8. The van der Waals surface area contributed by atoms with E-state index in [0.717, 1.165) is 0 Å². The number of para-hydroxylation sites is 1. The smallest absolute Gasteiger partial charge is 0.417 e. The summed E-state index contributed by atoms with van der Waals surface area (Å²) < 4.78 is 44.2. The second kappa shape index (κ2) is 6.08. The molecule has 0 spiro atoms. The van der Waals surface area contributed by atoms with Crippen LogP contribution in [0.1, 0.15) is 12.5 Å². The number of hydrogen-bond donors (Lipinski definition) is 0. The molecule has 4 nitrogen and oxygen atoms in total. The highest BCUT2D eigenvalue weighted by Crippen LogP contribution is 2.36. The van der Waals surface area contributed by atoms with Crippen LogP contribution in [0.5, 0.6) is 0 Å². The Bertz CT molecular complexity index is 994. The molecule has 1 amide bonds. The molecule has 2 aromatic carbocycles. The zero-order valence-corrected chi connectivity index (χ0v) is 13.0. The van der Waals surface area contributed by atoms with E-state index in [0.29, 0.717) is 17.4 Å². The number of alkyl halides is 3. The monoisotopic (exact) mass is 347 g/mol. The van der Waals surface area contributed by atoms with E-state index in [-0.39, 0.29) is 16.9 Å². The predicted molar refractivity (Wildman–Crippen MR) is 86.7 cm³/mol. The van der Waals surface area contributed by atoms with Gasteiger partial charge >= 0.3 is 11.8 Å². The van der Waals surface area contributed by atoms with E-state index in [4.69, 9.17) is 4.42 Å². The van der Waals surface area contributed by atoms with Gasteiger partial charge in [-0.2, -0.15) is 13.2 Å². The Labute approximate surface area is 140 Å². The van der Waals surface area contributed by atoms with E-state index in [1.807, 2.05) is 0 Å². The molecule has 0 aliphatic rings. The van der Waals surface area contributed by atoms with Crippen LogP contribution >= 0.6 is 0 Å². The average molecular weight is 347 g/mol. The molecular weight excluding hydrogens is 335 g/mol. The second-order valence-corrected chi connectivity index (χ2v) is 5.35. The number of anilines is 2. The summed E-state index contributed by atoms with van der Waals surface area (Å²) in [7, 11) is 0. The second-order valence-electron chi connectivity index (χ2n) is 5.35. The summed E-state index contributed by atoms with van der Waals surface area (Å²) in [6.07, 6.45) is -4.69. The molecule has 1 heterocycles. The van der Waals surface area contributed by atoms with Crippen molar-refractivity contribution < 1.29 is 22.4 Å². The van der Waals surface area contributed by atoms with E-state index in [2.05, 4.69) is 0 Å². The van der Waals surface area contributed by atoms with Gasteiger partial charge in [0, 0.05) is 30.1 Å². The Morgan fingerprint density at radius 3 is 2.28 bits per heavy atom. The minimum absolute atomic E-state index is 0.237. The number of nitrogens with zero attached hydrogens (tertiary/aromatic N) is 1. The fourth-order valence-corrected chi connectivity index (χ4v) is 2.61. The minimum Gasteiger partial charge on any atom is -0.423 e. The number of hydrogen-bond acceptors (Lipinski definition) is 3. The molecule has 0 saturated heterocycles. The molecule has 0 atom stereocenters. The van der Waals surface area contributed by atoms with Crippen molar-refractivity contribution in [3.8, 4) is 0 Å². The van der Waals surface area contributed by atoms with Gasteiger partial charge in [0.15, 0.2) is 0 Å². The Kier molecular flexibility index (Phi) is 4.08. The number of benzene rings is 2. The first kappa shape index (κ1) is 16.8. The molecule has 128 valence electrons. The summed E-state index contributed by atoms with van der Waals surface area (Å²) in [6, 6.07) is 12.9. The van der Waals surface area contributed by atoms with Gasteiger partial charge in [-0.3, -0.25) is 9.69 Å². The first-order valence-electron chi connectivity index (χ1n) is 7.28. The summed E-state index contributed by atoms with van der Waals surface area (Å²) in [6.45, 7) is 1.33. The van der Waals surface area contributed by atoms with Crippen LogP contribution in [-0.2, 0) is 11.0 Å². The van der Waals surface area contributed by atoms with Crippen LogP contribution in [0, 0.1) is 0 Å². The van der Waals surface area contributed by atoms with Gasteiger partial charge < -0.3 is 4.42 Å². The normalized spacial score (nSPS) is 11.5. The third kappa shape index (κ3) is 3.26. The molecule has 0 fully saturated rings. The standard InChI is InChI=1S/C18H12F3NO3/c1-11(23)22(12-5-3-2-4-6-12)13-7-8-14-15(18(19,20)21)10-17(24)25-16(14)9-13/h2-10H,1H3. The van der Waals surface area contributed by atoms with Gasteiger partial charge in [0.25, 0.3) is 0 Å². The number of halogens is 3. The molecule has 0 aliphatic carbocycles. The number of carbonyl (C=O) groups excluding carboxylic acids is 1. The van der Waals surface area contributed by atoms with Gasteiger partial charge in [0.05, 0.1) is 11.3 Å². The maximum Gasteiger partial charge on any atom is 0.417 e. The Balaban J connectivity index is 2.22. The van der Waals surface area contributed by atoms with Crippen LogP contribution in [0.25, 0.3) is 11.0 Å². The molecular formula is C18H12F3NO3. The molecule has 3 rings (SSSR count). The fraction of sp³-hybridized carbons (Fsp3) is 0.111. The summed E-state index contributed by atoms with van der Waals surface area (Å²) in [4.78, 5) is 24.8. The van der Waals surface area contributed by atoms with Crippen LogP contribution < -0.4 is 10.5 Å². The number of fused-ring (bicyclic) bond motifs is 1. The highest BCUT2D eigenvalue weighted by Gasteiger charge is 2.34. The molecule has 7 heteroatoms. The van der Waals surface area contributed by atoms with E-state index < -0.39 is 17.4 Å². The minimum atomic E-state index is -4.69. The Morgan fingerprint density at radius 2 is 1.68 bits per heavy atom. The number of carbonyl (C=O) groups is 1. The summed E-state index contributed by atoms with van der Waals surface area (Å²) >= 11 is 0. The van der Waals surface area contributed by atoms with Crippen molar-refractivity contribution in [2.45, 2.75) is 13.1 Å². The maximum atomic E-state index is 13.1. The van der Waals surface area contributed by atoms with Gasteiger partial charge in [-0.25, -0.2) is 4.79 Å². The zero-order valence-electron chi connectivity index (χ0n) is 13.0. The van der Waals surface area contributed by atoms with Gasteiger partial charge in [0.1, 0.15) is 5.58 Å². The van der Waals surface area contributed by atoms with Gasteiger partial charge in [0.2, 0.25) is 5.91 Å². The summed E-state index contributed by atoms with van der Waals surface area (Å²) in [5.41, 5.74) is -1.57. The highest BCUT2D eigenvalue weighted by molar-refractivity contribution is 6.00. The lowest BCUT2D eigenvalue weighted by Gasteiger charge is -2.21. The third-order valence-corrected chi connectivity index (χ3v) is 3.62. The van der Waals surface area contributed by atoms with Crippen molar-refractivity contribution >= 4 is 28.3 Å². The van der Waals surface area contributed by atoms with Crippen molar-refractivity contribution in [3.05, 3.63) is 70.6 Å². The number of rotatable bonds is 2. The van der Waals surface area contributed by atoms with Gasteiger partial charge in [-0.15, -0.1) is 0 Å². The van der Waals surface area contributed by atoms with Crippen LogP contribution in [0.2, 0.25) is 0 Å². The van der Waals surface area contributed by atoms with Crippen molar-refractivity contribution in [2.24, 2.45) is 0 Å². The van der Waals surface area contributed by atoms with Crippen LogP contribution in [0.4, 0.5) is 24.5 Å². The predicted octanol–water partition coefficient (Wildman–Crippen LogP) is 4.50. The molecule has 1 aromatic heterocycles. The topological polar surface area (TPSA) is 50.5 Å². The Hall–Kier alpha value is -3.09. The highest BCUT2D eigenvalue weighted by atomic mass is 19.4. The van der Waals surface area contributed by atoms with Gasteiger partial charge in [-0.1, -0.05) is 18.2 Å². The molecule has 0 N–H and O–H groups in total. The van der Waals surface area contributed by atoms with Crippen molar-refractivity contribution in [1.82, 2.24) is 0 Å². The molecule has 0 radical (unpaired) electrons. The summed E-state index contributed by atoms with van der Waals surface area (Å²) in [5.74, 6) is -0.333. The van der Waals surface area contributed by atoms with Crippen LogP contribution in [0.15, 0.2) is 63.8 Å². The SMILES string of the molecule is CC(=O)N(c1ccccc1)c1ccc2c(C(F)(F)F)cc(=O)oc2c1. The van der Waals surface area contributed by atoms with Crippen LogP contribution in [-0.4, -0.2) is 5.91 Å². The van der Waals surface area contributed by atoms with E-state index >= 15 is 0 Å². The van der Waals surface area contributed by atoms with Crippen molar-refractivity contribution in [3.63, 3.8) is 0 Å². The van der Waals surface area contributed by atoms with Crippen molar-refractivity contribution in [2.75, 3.05) is 4.90 Å². The maximum absolute atomic E-state index is 13.1. The quantitative estimate of drug-likeness (QED) is 0.642. The largest absolute Gasteiger partial charge is 0.423 e. The molecule has 0 saturated carbocycles. The van der Waals surface area contributed by atoms with Crippen molar-refractivity contribution in [1.29, 1.82) is 0 Å². The summed E-state index contributed by atoms with van der Waals surface area (Å²) in [5, 5.41) is -0.243. The lowest BCUT2D eigenvalue weighted by Crippen LogP contribution is -2.22. The Morgan fingerprint density at radius 1 is 1.00 bits per heavy atom. The molecule has 0 bridgehead atoms. The fourth-order valence-electron chi connectivity index (χ4n) is 2.61. The molecule has 3 aromatic rings. The van der Waals surface area contributed by atoms with Gasteiger partial charge in [-0.05, 0) is 24.3 Å². The lowest BCUT2D eigenvalue weighted by atomic mass is 10.1. The third-order valence-electron chi connectivity index (χ3n) is 3.62. The molecule has 0 aliphatic heterocycles. The van der Waals surface area contributed by atoms with E-state index in [1.165, 1.54) is 30.0 Å². The number of amides is 1.